The topological polar surface area (TPSA) is 54.6 Å². The van der Waals surface area contributed by atoms with E-state index in [4.69, 9.17) is 9.26 Å². The molecule has 0 saturated carbocycles. The summed E-state index contributed by atoms with van der Waals surface area (Å²) in [5.41, 5.74) is 2.00. The number of nitrogens with zero attached hydrogens (tertiary/aromatic N) is 4. The maximum Gasteiger partial charge on any atom is 0.213 e. The van der Waals surface area contributed by atoms with Crippen LogP contribution in [0.25, 0.3) is 0 Å². The van der Waals surface area contributed by atoms with Gasteiger partial charge in [-0.2, -0.15) is 0 Å². The number of rotatable bonds is 5. The van der Waals surface area contributed by atoms with Gasteiger partial charge in [-0.15, -0.1) is 0 Å². The summed E-state index contributed by atoms with van der Waals surface area (Å²) in [6.45, 7) is 7.79. The Balaban J connectivity index is 1.49. The van der Waals surface area contributed by atoms with Gasteiger partial charge in [0.05, 0.1) is 25.0 Å². The average Bonchev–Trinajstić information content (AvgIpc) is 2.94. The van der Waals surface area contributed by atoms with Crippen molar-refractivity contribution in [3.05, 3.63) is 41.4 Å². The maximum absolute atomic E-state index is 5.29. The summed E-state index contributed by atoms with van der Waals surface area (Å²) in [5.74, 6) is 1.62. The number of hydrogen-bond donors (Lipinski definition) is 0. The Morgan fingerprint density at radius 2 is 1.86 bits per heavy atom. The van der Waals surface area contributed by atoms with Gasteiger partial charge in [0.1, 0.15) is 0 Å². The van der Waals surface area contributed by atoms with E-state index in [2.05, 4.69) is 19.9 Å². The van der Waals surface area contributed by atoms with Crippen molar-refractivity contribution in [3.8, 4) is 5.88 Å². The van der Waals surface area contributed by atoms with Crippen molar-refractivity contribution in [3.63, 3.8) is 0 Å². The molecule has 0 atom stereocenters. The third-order valence-corrected chi connectivity index (χ3v) is 3.90. The molecule has 0 aliphatic carbocycles. The molecule has 0 amide bonds. The number of hydrogen-bond acceptors (Lipinski definition) is 6. The van der Waals surface area contributed by atoms with Crippen LogP contribution in [0.4, 0.5) is 0 Å². The minimum atomic E-state index is 0.678. The number of aromatic nitrogens is 2. The van der Waals surface area contributed by atoms with Crippen molar-refractivity contribution >= 4 is 0 Å². The molecule has 0 aromatic carbocycles. The quantitative estimate of drug-likeness (QED) is 0.838. The first kappa shape index (κ1) is 15.0. The van der Waals surface area contributed by atoms with E-state index in [1.165, 1.54) is 0 Å². The lowest BCUT2D eigenvalue weighted by Crippen LogP contribution is -2.45. The van der Waals surface area contributed by atoms with E-state index >= 15 is 0 Å². The van der Waals surface area contributed by atoms with Crippen LogP contribution in [0, 0.1) is 6.92 Å². The molecule has 2 aromatic rings. The molecule has 3 rings (SSSR count). The molecule has 0 bridgehead atoms. The molecule has 0 unspecified atom stereocenters. The van der Waals surface area contributed by atoms with E-state index in [0.717, 1.165) is 56.4 Å². The van der Waals surface area contributed by atoms with Crippen LogP contribution in [0.3, 0.4) is 0 Å². The predicted octanol–water partition coefficient (Wildman–Crippen LogP) is 1.70. The first-order valence-corrected chi connectivity index (χ1v) is 7.60. The van der Waals surface area contributed by atoms with Gasteiger partial charge < -0.3 is 9.26 Å². The smallest absolute Gasteiger partial charge is 0.213 e. The van der Waals surface area contributed by atoms with Crippen molar-refractivity contribution in [2.45, 2.75) is 20.0 Å². The summed E-state index contributed by atoms with van der Waals surface area (Å²) in [4.78, 5) is 9.29. The third-order valence-electron chi connectivity index (χ3n) is 3.90. The fraction of sp³-hybridized carbons (Fsp3) is 0.500. The van der Waals surface area contributed by atoms with Gasteiger partial charge in [0, 0.05) is 44.9 Å². The Morgan fingerprint density at radius 3 is 2.50 bits per heavy atom. The lowest BCUT2D eigenvalue weighted by molar-refractivity contribution is 0.112. The van der Waals surface area contributed by atoms with Gasteiger partial charge in [0.2, 0.25) is 5.88 Å². The highest BCUT2D eigenvalue weighted by Crippen LogP contribution is 2.13. The molecule has 1 aliphatic rings. The van der Waals surface area contributed by atoms with E-state index in [1.54, 1.807) is 7.11 Å². The Morgan fingerprint density at radius 1 is 1.14 bits per heavy atom. The molecule has 1 aliphatic heterocycles. The number of piperazine rings is 1. The SMILES string of the molecule is COc1cccc(CN2CCN(Cc3cc(C)no3)CC2)n1. The van der Waals surface area contributed by atoms with E-state index in [1.807, 2.05) is 31.2 Å². The van der Waals surface area contributed by atoms with Gasteiger partial charge in [-0.1, -0.05) is 11.2 Å². The fourth-order valence-corrected chi connectivity index (χ4v) is 2.71. The molecule has 118 valence electrons. The molecule has 0 N–H and O–H groups in total. The second kappa shape index (κ2) is 6.89. The van der Waals surface area contributed by atoms with Crippen LogP contribution in [0.5, 0.6) is 5.88 Å². The standard InChI is InChI=1S/C16H22N4O2/c1-13-10-15(22-18-13)12-20-8-6-19(7-9-20)11-14-4-3-5-16(17-14)21-2/h3-5,10H,6-9,11-12H2,1-2H3. The zero-order valence-electron chi connectivity index (χ0n) is 13.2. The van der Waals surface area contributed by atoms with Gasteiger partial charge in [0.25, 0.3) is 0 Å². The van der Waals surface area contributed by atoms with Crippen molar-refractivity contribution in [1.29, 1.82) is 0 Å². The number of aryl methyl sites for hydroxylation is 1. The van der Waals surface area contributed by atoms with Gasteiger partial charge >= 0.3 is 0 Å². The van der Waals surface area contributed by atoms with Crippen molar-refractivity contribution < 1.29 is 9.26 Å². The Labute approximate surface area is 130 Å². The minimum absolute atomic E-state index is 0.678. The molecule has 22 heavy (non-hydrogen) atoms. The highest BCUT2D eigenvalue weighted by Gasteiger charge is 2.18. The average molecular weight is 302 g/mol. The molecule has 0 spiro atoms. The van der Waals surface area contributed by atoms with E-state index in [-0.39, 0.29) is 0 Å². The highest BCUT2D eigenvalue weighted by molar-refractivity contribution is 5.15. The van der Waals surface area contributed by atoms with E-state index in [0.29, 0.717) is 5.88 Å². The van der Waals surface area contributed by atoms with Crippen LogP contribution in [-0.4, -0.2) is 53.2 Å². The summed E-state index contributed by atoms with van der Waals surface area (Å²) in [5, 5.41) is 3.94. The number of ether oxygens (including phenoxy) is 1. The first-order valence-electron chi connectivity index (χ1n) is 7.60. The zero-order chi connectivity index (χ0) is 15.4. The largest absolute Gasteiger partial charge is 0.481 e. The van der Waals surface area contributed by atoms with E-state index < -0.39 is 0 Å². The van der Waals surface area contributed by atoms with Crippen LogP contribution < -0.4 is 4.74 Å². The molecule has 1 saturated heterocycles. The molecule has 3 heterocycles. The lowest BCUT2D eigenvalue weighted by atomic mass is 10.2. The summed E-state index contributed by atoms with van der Waals surface area (Å²) in [6.07, 6.45) is 0. The normalized spacial score (nSPS) is 16.8. The monoisotopic (exact) mass is 302 g/mol. The molecule has 2 aromatic heterocycles. The molecule has 6 heteroatoms. The van der Waals surface area contributed by atoms with Gasteiger partial charge in [-0.25, -0.2) is 4.98 Å². The Hall–Kier alpha value is -1.92. The maximum atomic E-state index is 5.29. The predicted molar refractivity (Wildman–Crippen MR) is 82.6 cm³/mol. The number of pyridine rings is 1. The molecule has 6 nitrogen and oxygen atoms in total. The Kier molecular flexibility index (Phi) is 4.70. The Bertz CT molecular complexity index is 606. The molecule has 1 fully saturated rings. The number of methoxy groups -OCH3 is 1. The van der Waals surface area contributed by atoms with E-state index in [9.17, 15) is 0 Å². The van der Waals surface area contributed by atoms with Crippen LogP contribution >= 0.6 is 0 Å². The summed E-state index contributed by atoms with van der Waals surface area (Å²) in [7, 11) is 1.65. The van der Waals surface area contributed by atoms with Gasteiger partial charge in [0.15, 0.2) is 5.76 Å². The van der Waals surface area contributed by atoms with Crippen LogP contribution in [0.1, 0.15) is 17.1 Å². The third kappa shape index (κ3) is 3.84. The zero-order valence-corrected chi connectivity index (χ0v) is 13.2. The summed E-state index contributed by atoms with van der Waals surface area (Å²) >= 11 is 0. The van der Waals surface area contributed by atoms with Crippen LogP contribution in [-0.2, 0) is 13.1 Å². The van der Waals surface area contributed by atoms with Gasteiger partial charge in [-0.05, 0) is 13.0 Å². The first-order chi connectivity index (χ1) is 10.7. The fourth-order valence-electron chi connectivity index (χ4n) is 2.71. The lowest BCUT2D eigenvalue weighted by Gasteiger charge is -2.33. The van der Waals surface area contributed by atoms with Crippen LogP contribution in [0.2, 0.25) is 0 Å². The molecular weight excluding hydrogens is 280 g/mol. The minimum Gasteiger partial charge on any atom is -0.481 e. The second-order valence-corrected chi connectivity index (χ2v) is 5.66. The molecular formula is C16H22N4O2. The summed E-state index contributed by atoms with van der Waals surface area (Å²) < 4.78 is 10.5. The van der Waals surface area contributed by atoms with Crippen molar-refractivity contribution in [1.82, 2.24) is 19.9 Å². The van der Waals surface area contributed by atoms with Crippen molar-refractivity contribution in [2.75, 3.05) is 33.3 Å². The van der Waals surface area contributed by atoms with Crippen molar-refractivity contribution in [2.24, 2.45) is 0 Å². The second-order valence-electron chi connectivity index (χ2n) is 5.66. The molecule has 0 radical (unpaired) electrons. The summed E-state index contributed by atoms with van der Waals surface area (Å²) in [6, 6.07) is 7.92. The highest BCUT2D eigenvalue weighted by atomic mass is 16.5. The van der Waals surface area contributed by atoms with Gasteiger partial charge in [-0.3, -0.25) is 9.80 Å². The van der Waals surface area contributed by atoms with Crippen LogP contribution in [0.15, 0.2) is 28.8 Å².